The second-order valence-corrected chi connectivity index (χ2v) is 11.6. The van der Waals surface area contributed by atoms with Crippen LogP contribution in [0.1, 0.15) is 52.7 Å². The van der Waals surface area contributed by atoms with E-state index >= 15 is 0 Å². The molecule has 1 N–H and O–H groups in total. The van der Waals surface area contributed by atoms with Gasteiger partial charge in [-0.15, -0.1) is 0 Å². The van der Waals surface area contributed by atoms with Gasteiger partial charge >= 0.3 is 0 Å². The molecule has 28 heavy (non-hydrogen) atoms. The van der Waals surface area contributed by atoms with Crippen LogP contribution in [-0.4, -0.2) is 5.11 Å². The molecule has 0 bridgehead atoms. The molecule has 0 fully saturated rings. The fraction of sp³-hybridized carbons (Fsp3) is 0.308. The van der Waals surface area contributed by atoms with E-state index in [-0.39, 0.29) is 10.8 Å². The predicted molar refractivity (Wildman–Crippen MR) is 124 cm³/mol. The minimum atomic E-state index is -0.844. The molecular formula is C26H31OP. The normalized spacial score (nSPS) is 12.4. The van der Waals surface area contributed by atoms with E-state index < -0.39 is 7.92 Å². The Hall–Kier alpha value is -2.11. The maximum Gasteiger partial charge on any atom is 0.127 e. The van der Waals surface area contributed by atoms with Crippen LogP contribution in [0.2, 0.25) is 0 Å². The molecule has 0 saturated carbocycles. The summed E-state index contributed by atoms with van der Waals surface area (Å²) in [5.41, 5.74) is 2.17. The fourth-order valence-electron chi connectivity index (χ4n) is 3.38. The average Bonchev–Trinajstić information content (AvgIpc) is 2.63. The molecule has 0 aromatic heterocycles. The Balaban J connectivity index is 2.34. The van der Waals surface area contributed by atoms with Crippen molar-refractivity contribution in [1.29, 1.82) is 0 Å². The predicted octanol–water partition coefficient (Wildman–Crippen LogP) is 5.75. The summed E-state index contributed by atoms with van der Waals surface area (Å²) in [7, 11) is -0.844. The van der Waals surface area contributed by atoms with Gasteiger partial charge in [-0.3, -0.25) is 0 Å². The van der Waals surface area contributed by atoms with E-state index in [1.54, 1.807) is 0 Å². The summed E-state index contributed by atoms with van der Waals surface area (Å²) in [6, 6.07) is 25.6. The van der Waals surface area contributed by atoms with Crippen LogP contribution in [0.4, 0.5) is 0 Å². The molecule has 0 saturated heterocycles. The van der Waals surface area contributed by atoms with Crippen LogP contribution in [0.3, 0.4) is 0 Å². The third kappa shape index (κ3) is 4.31. The highest BCUT2D eigenvalue weighted by Crippen LogP contribution is 2.42. The lowest BCUT2D eigenvalue weighted by molar-refractivity contribution is 0.449. The van der Waals surface area contributed by atoms with Crippen molar-refractivity contribution in [2.75, 3.05) is 0 Å². The lowest BCUT2D eigenvalue weighted by atomic mass is 9.80. The molecule has 0 radical (unpaired) electrons. The van der Waals surface area contributed by atoms with E-state index in [2.05, 4.69) is 102 Å². The highest BCUT2D eigenvalue weighted by atomic mass is 31.1. The van der Waals surface area contributed by atoms with Crippen LogP contribution in [0.25, 0.3) is 0 Å². The number of hydrogen-bond acceptors (Lipinski definition) is 1. The van der Waals surface area contributed by atoms with Gasteiger partial charge in [0.15, 0.2) is 0 Å². The molecule has 0 spiro atoms. The maximum atomic E-state index is 11.4. The molecule has 0 aliphatic carbocycles. The molecule has 2 heteroatoms. The van der Waals surface area contributed by atoms with Crippen molar-refractivity contribution in [3.8, 4) is 5.75 Å². The van der Waals surface area contributed by atoms with E-state index in [4.69, 9.17) is 0 Å². The van der Waals surface area contributed by atoms with E-state index in [0.717, 1.165) is 10.9 Å². The maximum absolute atomic E-state index is 11.4. The quantitative estimate of drug-likeness (QED) is 0.565. The van der Waals surface area contributed by atoms with Crippen molar-refractivity contribution >= 4 is 23.8 Å². The Bertz CT molecular complexity index is 892. The number of benzene rings is 3. The molecule has 0 aliphatic heterocycles. The van der Waals surface area contributed by atoms with Gasteiger partial charge in [-0.05, 0) is 41.0 Å². The summed E-state index contributed by atoms with van der Waals surface area (Å²) in [4.78, 5) is 0. The van der Waals surface area contributed by atoms with Crippen molar-refractivity contribution in [1.82, 2.24) is 0 Å². The summed E-state index contributed by atoms with van der Waals surface area (Å²) in [5.74, 6) is 0.444. The van der Waals surface area contributed by atoms with Crippen LogP contribution in [0.15, 0.2) is 72.8 Å². The Morgan fingerprint density at radius 1 is 0.643 bits per heavy atom. The van der Waals surface area contributed by atoms with Gasteiger partial charge in [0.05, 0.1) is 0 Å². The molecule has 146 valence electrons. The highest BCUT2D eigenvalue weighted by molar-refractivity contribution is 7.80. The molecule has 0 heterocycles. The smallest absolute Gasteiger partial charge is 0.127 e. The first-order chi connectivity index (χ1) is 13.1. The van der Waals surface area contributed by atoms with E-state index in [1.807, 2.05) is 12.1 Å². The number of hydrogen-bond donors (Lipinski definition) is 1. The lowest BCUT2D eigenvalue weighted by Crippen LogP contribution is -2.26. The molecule has 3 aromatic carbocycles. The SMILES string of the molecule is CC(C)(C)c1cc(P(c2ccccc2)c2ccccc2)c(O)c(C(C)(C)C)c1. The second kappa shape index (κ2) is 7.72. The molecule has 0 amide bonds. The van der Waals surface area contributed by atoms with Crippen molar-refractivity contribution in [3.63, 3.8) is 0 Å². The van der Waals surface area contributed by atoms with E-state index in [1.165, 1.54) is 16.2 Å². The topological polar surface area (TPSA) is 20.2 Å². The summed E-state index contributed by atoms with van der Waals surface area (Å²) < 4.78 is 0. The lowest BCUT2D eigenvalue weighted by Gasteiger charge is -2.30. The average molecular weight is 391 g/mol. The van der Waals surface area contributed by atoms with E-state index in [0.29, 0.717) is 5.75 Å². The Labute approximate surface area is 171 Å². The van der Waals surface area contributed by atoms with Gasteiger partial charge in [0.1, 0.15) is 5.75 Å². The van der Waals surface area contributed by atoms with Crippen LogP contribution in [-0.2, 0) is 10.8 Å². The van der Waals surface area contributed by atoms with Gasteiger partial charge in [0.2, 0.25) is 0 Å². The second-order valence-electron chi connectivity index (χ2n) is 9.40. The number of phenolic OH excluding ortho intramolecular Hbond substituents is 1. The largest absolute Gasteiger partial charge is 0.507 e. The van der Waals surface area contributed by atoms with Gasteiger partial charge in [-0.2, -0.15) is 0 Å². The van der Waals surface area contributed by atoms with Crippen molar-refractivity contribution in [2.45, 2.75) is 52.4 Å². The van der Waals surface area contributed by atoms with Gasteiger partial charge in [0, 0.05) is 10.9 Å². The first kappa shape index (κ1) is 20.6. The zero-order valence-electron chi connectivity index (χ0n) is 17.8. The summed E-state index contributed by atoms with van der Waals surface area (Å²) in [6.45, 7) is 13.2. The van der Waals surface area contributed by atoms with Crippen LogP contribution in [0, 0.1) is 0 Å². The molecule has 3 rings (SSSR count). The Morgan fingerprint density at radius 2 is 1.11 bits per heavy atom. The monoisotopic (exact) mass is 390 g/mol. The molecule has 3 aromatic rings. The molecule has 0 unspecified atom stereocenters. The molecular weight excluding hydrogens is 359 g/mol. The third-order valence-corrected chi connectivity index (χ3v) is 7.49. The zero-order valence-corrected chi connectivity index (χ0v) is 18.7. The van der Waals surface area contributed by atoms with E-state index in [9.17, 15) is 5.11 Å². The molecule has 1 nitrogen and oxygen atoms in total. The number of aromatic hydroxyl groups is 1. The molecule has 0 atom stereocenters. The number of phenols is 1. The standard InChI is InChI=1S/C26H31OP/c1-25(2,3)19-17-22(26(4,5)6)24(27)23(18-19)28(20-13-9-7-10-14-20)21-15-11-8-12-16-21/h7-18,27H,1-6H3. The minimum absolute atomic E-state index is 0.0107. The van der Waals surface area contributed by atoms with Crippen molar-refractivity contribution in [2.24, 2.45) is 0 Å². The highest BCUT2D eigenvalue weighted by Gasteiger charge is 2.29. The fourth-order valence-corrected chi connectivity index (χ4v) is 5.77. The third-order valence-electron chi connectivity index (χ3n) is 5.03. The van der Waals surface area contributed by atoms with Crippen molar-refractivity contribution in [3.05, 3.63) is 83.9 Å². The van der Waals surface area contributed by atoms with Crippen LogP contribution in [0.5, 0.6) is 5.75 Å². The summed E-state index contributed by atoms with van der Waals surface area (Å²) in [6.07, 6.45) is 0. The van der Waals surface area contributed by atoms with Crippen molar-refractivity contribution < 1.29 is 5.11 Å². The summed E-state index contributed by atoms with van der Waals surface area (Å²) >= 11 is 0. The van der Waals surface area contributed by atoms with Crippen LogP contribution >= 0.6 is 7.92 Å². The van der Waals surface area contributed by atoms with Gasteiger partial charge in [-0.25, -0.2) is 0 Å². The first-order valence-electron chi connectivity index (χ1n) is 9.87. The summed E-state index contributed by atoms with van der Waals surface area (Å²) in [5, 5.41) is 15.0. The first-order valence-corrected chi connectivity index (χ1v) is 11.2. The number of rotatable bonds is 3. The van der Waals surface area contributed by atoms with Gasteiger partial charge < -0.3 is 5.11 Å². The zero-order chi connectivity index (χ0) is 20.5. The minimum Gasteiger partial charge on any atom is -0.507 e. The van der Waals surface area contributed by atoms with Crippen LogP contribution < -0.4 is 15.9 Å². The van der Waals surface area contributed by atoms with Gasteiger partial charge in [-0.1, -0.05) is 108 Å². The molecule has 0 aliphatic rings. The Kier molecular flexibility index (Phi) is 5.69. The Morgan fingerprint density at radius 3 is 1.50 bits per heavy atom. The van der Waals surface area contributed by atoms with Gasteiger partial charge in [0.25, 0.3) is 0 Å².